The van der Waals surface area contributed by atoms with E-state index in [1.54, 1.807) is 17.2 Å². The molecule has 0 aliphatic heterocycles. The van der Waals surface area contributed by atoms with Crippen LogP contribution in [0.15, 0.2) is 12.5 Å². The van der Waals surface area contributed by atoms with Gasteiger partial charge in [0.1, 0.15) is 18.0 Å². The average Bonchev–Trinajstić information content (AvgIpc) is 3.50. The van der Waals surface area contributed by atoms with Gasteiger partial charge in [-0.1, -0.05) is 0 Å². The average molecular weight is 310 g/mol. The first-order valence-electron chi connectivity index (χ1n) is 8.11. The zero-order valence-electron chi connectivity index (χ0n) is 13.0. The van der Waals surface area contributed by atoms with Crippen LogP contribution in [-0.4, -0.2) is 34.5 Å². The molecule has 0 bridgehead atoms. The quantitative estimate of drug-likeness (QED) is 0.773. The van der Waals surface area contributed by atoms with Crippen molar-refractivity contribution >= 4 is 16.9 Å². The molecule has 0 amide bonds. The molecule has 0 atom stereocenters. The molecule has 2 saturated carbocycles. The summed E-state index contributed by atoms with van der Waals surface area (Å²) < 4.78 is 4.10. The number of fused-ring (bicyclic) bond motifs is 1. The molecule has 3 heterocycles. The lowest BCUT2D eigenvalue weighted by Gasteiger charge is -2.10. The molecule has 0 saturated heterocycles. The second-order valence-electron chi connectivity index (χ2n) is 6.43. The van der Waals surface area contributed by atoms with Crippen molar-refractivity contribution in [1.82, 2.24) is 34.5 Å². The number of aryl methyl sites for hydroxylation is 1. The molecule has 5 rings (SSSR count). The van der Waals surface area contributed by atoms with Crippen molar-refractivity contribution in [3.63, 3.8) is 0 Å². The Hall–Kier alpha value is -2.51. The molecule has 0 aromatic carbocycles. The van der Waals surface area contributed by atoms with Crippen molar-refractivity contribution in [3.05, 3.63) is 24.2 Å². The fourth-order valence-corrected chi connectivity index (χ4v) is 3.07. The molecule has 8 nitrogen and oxygen atoms in total. The number of nitrogens with one attached hydrogen (secondary N) is 1. The molecular formula is C15H18N8. The second-order valence-corrected chi connectivity index (χ2v) is 6.43. The normalized spacial score (nSPS) is 17.8. The topological polar surface area (TPSA) is 86.3 Å². The molecule has 2 aliphatic rings. The second kappa shape index (κ2) is 4.74. The maximum atomic E-state index is 4.44. The van der Waals surface area contributed by atoms with Crippen LogP contribution in [0.2, 0.25) is 0 Å². The van der Waals surface area contributed by atoms with Gasteiger partial charge in [0, 0.05) is 19.0 Å². The smallest absolute Gasteiger partial charge is 0.163 e. The van der Waals surface area contributed by atoms with Crippen molar-refractivity contribution < 1.29 is 0 Å². The van der Waals surface area contributed by atoms with E-state index in [1.807, 2.05) is 7.05 Å². The monoisotopic (exact) mass is 310 g/mol. The largest absolute Gasteiger partial charge is 0.362 e. The van der Waals surface area contributed by atoms with Crippen molar-refractivity contribution in [2.45, 2.75) is 44.2 Å². The molecule has 0 spiro atoms. The Morgan fingerprint density at radius 1 is 1.17 bits per heavy atom. The summed E-state index contributed by atoms with van der Waals surface area (Å²) >= 11 is 0. The van der Waals surface area contributed by atoms with Gasteiger partial charge in [0.15, 0.2) is 11.5 Å². The van der Waals surface area contributed by atoms with Gasteiger partial charge in [-0.3, -0.25) is 4.68 Å². The number of nitrogens with zero attached hydrogens (tertiary/aromatic N) is 7. The zero-order valence-corrected chi connectivity index (χ0v) is 13.0. The summed E-state index contributed by atoms with van der Waals surface area (Å²) in [5, 5.41) is 17.4. The molecule has 0 unspecified atom stereocenters. The number of hydrogen-bond donors (Lipinski definition) is 1. The third-order valence-electron chi connectivity index (χ3n) is 4.59. The summed E-state index contributed by atoms with van der Waals surface area (Å²) in [5.74, 6) is 3.60. The van der Waals surface area contributed by atoms with Gasteiger partial charge >= 0.3 is 0 Å². The first kappa shape index (κ1) is 13.0. The standard InChI is InChI=1S/C15H18N8/c1-22-15-11(6-19-22)13(17-8-18-15)16-7-12-20-21-14(9-2-3-9)23(12)10-4-5-10/h6,8-10H,2-5,7H2,1H3,(H,16,17,18). The highest BCUT2D eigenvalue weighted by atomic mass is 15.3. The first-order chi connectivity index (χ1) is 11.3. The van der Waals surface area contributed by atoms with Gasteiger partial charge < -0.3 is 9.88 Å². The minimum Gasteiger partial charge on any atom is -0.362 e. The fraction of sp³-hybridized carbons (Fsp3) is 0.533. The van der Waals surface area contributed by atoms with Crippen LogP contribution in [0.3, 0.4) is 0 Å². The molecule has 3 aromatic heterocycles. The summed E-state index contributed by atoms with van der Waals surface area (Å²) in [5.41, 5.74) is 0.824. The van der Waals surface area contributed by atoms with Crippen LogP contribution in [0.25, 0.3) is 11.0 Å². The lowest BCUT2D eigenvalue weighted by molar-refractivity contribution is 0.650. The molecule has 1 N–H and O–H groups in total. The van der Waals surface area contributed by atoms with E-state index in [9.17, 15) is 0 Å². The van der Waals surface area contributed by atoms with Crippen molar-refractivity contribution in [2.75, 3.05) is 5.32 Å². The highest BCUT2D eigenvalue weighted by Gasteiger charge is 2.36. The van der Waals surface area contributed by atoms with E-state index in [1.165, 1.54) is 31.5 Å². The SMILES string of the molecule is Cn1ncc2c(NCc3nnc(C4CC4)n3C3CC3)ncnc21. The highest BCUT2D eigenvalue weighted by Crippen LogP contribution is 2.44. The van der Waals surface area contributed by atoms with Gasteiger partial charge in [0.2, 0.25) is 0 Å². The lowest BCUT2D eigenvalue weighted by Crippen LogP contribution is -2.11. The lowest BCUT2D eigenvalue weighted by atomic mass is 10.3. The third kappa shape index (κ3) is 2.16. The molecule has 2 fully saturated rings. The van der Waals surface area contributed by atoms with E-state index in [-0.39, 0.29) is 0 Å². The van der Waals surface area contributed by atoms with Gasteiger partial charge in [0.05, 0.1) is 18.1 Å². The Kier molecular flexibility index (Phi) is 2.67. The minimum atomic E-state index is 0.598. The number of hydrogen-bond acceptors (Lipinski definition) is 6. The first-order valence-corrected chi connectivity index (χ1v) is 8.11. The van der Waals surface area contributed by atoms with Crippen LogP contribution in [-0.2, 0) is 13.6 Å². The number of anilines is 1. The molecule has 8 heteroatoms. The Bertz CT molecular complexity index is 871. The number of aromatic nitrogens is 7. The predicted molar refractivity (Wildman–Crippen MR) is 83.9 cm³/mol. The Morgan fingerprint density at radius 3 is 2.83 bits per heavy atom. The molecule has 23 heavy (non-hydrogen) atoms. The van der Waals surface area contributed by atoms with E-state index in [0.29, 0.717) is 18.5 Å². The maximum Gasteiger partial charge on any atom is 0.163 e. The summed E-state index contributed by atoms with van der Waals surface area (Å²) in [7, 11) is 1.88. The molecule has 118 valence electrons. The van der Waals surface area contributed by atoms with E-state index in [2.05, 4.69) is 35.1 Å². The summed E-state index contributed by atoms with van der Waals surface area (Å²) in [6, 6.07) is 0.598. The zero-order chi connectivity index (χ0) is 15.4. The van der Waals surface area contributed by atoms with E-state index in [4.69, 9.17) is 0 Å². The van der Waals surface area contributed by atoms with Crippen LogP contribution in [0.1, 0.15) is 49.3 Å². The van der Waals surface area contributed by atoms with Crippen molar-refractivity contribution in [1.29, 1.82) is 0 Å². The van der Waals surface area contributed by atoms with Gasteiger partial charge in [-0.05, 0) is 25.7 Å². The van der Waals surface area contributed by atoms with Gasteiger partial charge in [-0.2, -0.15) is 5.10 Å². The summed E-state index contributed by atoms with van der Waals surface area (Å²) in [6.07, 6.45) is 8.34. The van der Waals surface area contributed by atoms with Crippen LogP contribution >= 0.6 is 0 Å². The van der Waals surface area contributed by atoms with Crippen LogP contribution in [0.5, 0.6) is 0 Å². The predicted octanol–water partition coefficient (Wildman–Crippen LogP) is 1.78. The third-order valence-corrected chi connectivity index (χ3v) is 4.59. The molecule has 3 aromatic rings. The number of rotatable bonds is 5. The van der Waals surface area contributed by atoms with Crippen LogP contribution < -0.4 is 5.32 Å². The Balaban J connectivity index is 1.44. The molecule has 2 aliphatic carbocycles. The fourth-order valence-electron chi connectivity index (χ4n) is 3.07. The van der Waals surface area contributed by atoms with Crippen molar-refractivity contribution in [2.24, 2.45) is 7.05 Å². The Morgan fingerprint density at radius 2 is 2.04 bits per heavy atom. The summed E-state index contributed by atoms with van der Waals surface area (Å²) in [4.78, 5) is 8.61. The van der Waals surface area contributed by atoms with Crippen LogP contribution in [0.4, 0.5) is 5.82 Å². The molecule has 0 radical (unpaired) electrons. The van der Waals surface area contributed by atoms with E-state index < -0.39 is 0 Å². The Labute approximate surface area is 133 Å². The van der Waals surface area contributed by atoms with Gasteiger partial charge in [-0.15, -0.1) is 10.2 Å². The summed E-state index contributed by atoms with van der Waals surface area (Å²) in [6.45, 7) is 0.622. The van der Waals surface area contributed by atoms with E-state index in [0.717, 1.165) is 22.7 Å². The van der Waals surface area contributed by atoms with Gasteiger partial charge in [-0.25, -0.2) is 9.97 Å². The van der Waals surface area contributed by atoms with E-state index >= 15 is 0 Å². The molecular weight excluding hydrogens is 292 g/mol. The van der Waals surface area contributed by atoms with Crippen molar-refractivity contribution in [3.8, 4) is 0 Å². The van der Waals surface area contributed by atoms with Crippen LogP contribution in [0, 0.1) is 0 Å². The minimum absolute atomic E-state index is 0.598. The van der Waals surface area contributed by atoms with Gasteiger partial charge in [0.25, 0.3) is 0 Å². The maximum absolute atomic E-state index is 4.44. The highest BCUT2D eigenvalue weighted by molar-refractivity contribution is 5.85.